The SMILES string of the molecule is COc1ccc([C@](C)(O)C2CC2)cc1F. The highest BCUT2D eigenvalue weighted by atomic mass is 19.1. The van der Waals surface area contributed by atoms with Crippen LogP contribution in [0.5, 0.6) is 5.75 Å². The highest BCUT2D eigenvalue weighted by molar-refractivity contribution is 5.33. The monoisotopic (exact) mass is 210 g/mol. The van der Waals surface area contributed by atoms with Gasteiger partial charge < -0.3 is 9.84 Å². The van der Waals surface area contributed by atoms with Gasteiger partial charge in [0.1, 0.15) is 0 Å². The van der Waals surface area contributed by atoms with Crippen LogP contribution in [0.2, 0.25) is 0 Å². The largest absolute Gasteiger partial charge is 0.494 e. The number of methoxy groups -OCH3 is 1. The first-order chi connectivity index (χ1) is 7.05. The van der Waals surface area contributed by atoms with Gasteiger partial charge in [0.05, 0.1) is 12.7 Å². The third-order valence-corrected chi connectivity index (χ3v) is 3.11. The van der Waals surface area contributed by atoms with E-state index in [2.05, 4.69) is 0 Å². The lowest BCUT2D eigenvalue weighted by Crippen LogP contribution is -2.23. The molecular formula is C12H15FO2. The van der Waals surface area contributed by atoms with E-state index in [9.17, 15) is 9.50 Å². The molecule has 1 N–H and O–H groups in total. The minimum atomic E-state index is -0.910. The molecule has 0 aromatic heterocycles. The molecule has 0 spiro atoms. The van der Waals surface area contributed by atoms with Crippen LogP contribution in [0.25, 0.3) is 0 Å². The molecule has 2 nitrogen and oxygen atoms in total. The van der Waals surface area contributed by atoms with Crippen molar-refractivity contribution >= 4 is 0 Å². The second-order valence-electron chi connectivity index (χ2n) is 4.27. The Morgan fingerprint density at radius 2 is 2.13 bits per heavy atom. The molecule has 0 bridgehead atoms. The molecule has 1 aromatic rings. The molecule has 0 saturated heterocycles. The molecule has 1 atom stereocenters. The van der Waals surface area contributed by atoms with Gasteiger partial charge in [0.15, 0.2) is 11.6 Å². The summed E-state index contributed by atoms with van der Waals surface area (Å²) in [6, 6.07) is 4.64. The maximum atomic E-state index is 13.4. The van der Waals surface area contributed by atoms with Crippen LogP contribution in [0, 0.1) is 11.7 Å². The van der Waals surface area contributed by atoms with Crippen LogP contribution < -0.4 is 4.74 Å². The minimum Gasteiger partial charge on any atom is -0.494 e. The van der Waals surface area contributed by atoms with Crippen molar-refractivity contribution in [3.63, 3.8) is 0 Å². The number of ether oxygens (including phenoxy) is 1. The van der Waals surface area contributed by atoms with Gasteiger partial charge in [-0.25, -0.2) is 4.39 Å². The zero-order chi connectivity index (χ0) is 11.1. The summed E-state index contributed by atoms with van der Waals surface area (Å²) in [5.74, 6) is 0.0616. The van der Waals surface area contributed by atoms with Gasteiger partial charge in [0, 0.05) is 0 Å². The molecule has 0 aliphatic heterocycles. The molecule has 3 heteroatoms. The maximum absolute atomic E-state index is 13.4. The fourth-order valence-electron chi connectivity index (χ4n) is 1.86. The van der Waals surface area contributed by atoms with Crippen molar-refractivity contribution in [2.24, 2.45) is 5.92 Å². The molecule has 0 heterocycles. The normalized spacial score (nSPS) is 19.7. The van der Waals surface area contributed by atoms with Crippen LogP contribution in [0.4, 0.5) is 4.39 Å². The second-order valence-corrected chi connectivity index (χ2v) is 4.27. The quantitative estimate of drug-likeness (QED) is 0.830. The minimum absolute atomic E-state index is 0.213. The number of hydrogen-bond acceptors (Lipinski definition) is 2. The topological polar surface area (TPSA) is 29.5 Å². The van der Waals surface area contributed by atoms with E-state index < -0.39 is 11.4 Å². The lowest BCUT2D eigenvalue weighted by Gasteiger charge is -2.23. The van der Waals surface area contributed by atoms with Crippen LogP contribution in [0.3, 0.4) is 0 Å². The maximum Gasteiger partial charge on any atom is 0.165 e. The summed E-state index contributed by atoms with van der Waals surface area (Å²) in [5.41, 5.74) is -0.282. The van der Waals surface area contributed by atoms with E-state index in [1.54, 1.807) is 19.1 Å². The van der Waals surface area contributed by atoms with Gasteiger partial charge >= 0.3 is 0 Å². The summed E-state index contributed by atoms with van der Waals surface area (Å²) in [6.45, 7) is 1.74. The molecule has 0 unspecified atom stereocenters. The Hall–Kier alpha value is -1.09. The van der Waals surface area contributed by atoms with Gasteiger partial charge in [-0.15, -0.1) is 0 Å². The van der Waals surface area contributed by atoms with Gasteiger partial charge in [-0.3, -0.25) is 0 Å². The third kappa shape index (κ3) is 1.84. The van der Waals surface area contributed by atoms with Crippen molar-refractivity contribution in [2.45, 2.75) is 25.4 Å². The average molecular weight is 210 g/mol. The van der Waals surface area contributed by atoms with Crippen LogP contribution >= 0.6 is 0 Å². The predicted octanol–water partition coefficient (Wildman–Crippen LogP) is 2.45. The number of hydrogen-bond donors (Lipinski definition) is 1. The summed E-state index contributed by atoms with van der Waals surface area (Å²) in [5, 5.41) is 10.2. The van der Waals surface area contributed by atoms with Gasteiger partial charge in [-0.2, -0.15) is 0 Å². The molecule has 1 aliphatic carbocycles. The summed E-state index contributed by atoms with van der Waals surface area (Å²) in [4.78, 5) is 0. The second kappa shape index (κ2) is 3.49. The van der Waals surface area contributed by atoms with Crippen LogP contribution in [-0.4, -0.2) is 12.2 Å². The molecule has 0 radical (unpaired) electrons. The molecule has 1 aromatic carbocycles. The number of halogens is 1. The summed E-state index contributed by atoms with van der Waals surface area (Å²) in [6.07, 6.45) is 2.03. The fraction of sp³-hybridized carbons (Fsp3) is 0.500. The molecule has 1 saturated carbocycles. The van der Waals surface area contributed by atoms with E-state index >= 15 is 0 Å². The molecule has 15 heavy (non-hydrogen) atoms. The zero-order valence-electron chi connectivity index (χ0n) is 8.96. The van der Waals surface area contributed by atoms with Crippen LogP contribution in [0.15, 0.2) is 18.2 Å². The Morgan fingerprint density at radius 3 is 2.60 bits per heavy atom. The molecule has 1 fully saturated rings. The summed E-state index contributed by atoms with van der Waals surface area (Å²) in [7, 11) is 1.43. The van der Waals surface area contributed by atoms with E-state index in [0.717, 1.165) is 12.8 Å². The van der Waals surface area contributed by atoms with Crippen molar-refractivity contribution in [1.82, 2.24) is 0 Å². The zero-order valence-corrected chi connectivity index (χ0v) is 8.96. The smallest absolute Gasteiger partial charge is 0.165 e. The fourth-order valence-corrected chi connectivity index (χ4v) is 1.86. The Morgan fingerprint density at radius 1 is 1.47 bits per heavy atom. The molecule has 2 rings (SSSR count). The van der Waals surface area contributed by atoms with E-state index in [-0.39, 0.29) is 11.7 Å². The predicted molar refractivity (Wildman–Crippen MR) is 55.2 cm³/mol. The standard InChI is InChI=1S/C12H15FO2/c1-12(14,8-3-4-8)9-5-6-11(15-2)10(13)7-9/h5-8,14H,3-4H2,1-2H3/t12-/m1/s1. The van der Waals surface area contributed by atoms with Crippen molar-refractivity contribution in [3.8, 4) is 5.75 Å². The number of benzene rings is 1. The first-order valence-electron chi connectivity index (χ1n) is 5.12. The Labute approximate surface area is 88.7 Å². The Bertz CT molecular complexity index is 370. The molecular weight excluding hydrogens is 195 g/mol. The third-order valence-electron chi connectivity index (χ3n) is 3.11. The van der Waals surface area contributed by atoms with E-state index in [1.807, 2.05) is 0 Å². The lowest BCUT2D eigenvalue weighted by molar-refractivity contribution is 0.0327. The van der Waals surface area contributed by atoms with Gasteiger partial charge in [-0.1, -0.05) is 6.07 Å². The number of rotatable bonds is 3. The van der Waals surface area contributed by atoms with Crippen molar-refractivity contribution in [2.75, 3.05) is 7.11 Å². The summed E-state index contributed by atoms with van der Waals surface area (Å²) < 4.78 is 18.3. The van der Waals surface area contributed by atoms with Crippen molar-refractivity contribution in [3.05, 3.63) is 29.6 Å². The first-order valence-corrected chi connectivity index (χ1v) is 5.12. The number of aliphatic hydroxyl groups is 1. The lowest BCUT2D eigenvalue weighted by atomic mass is 9.91. The molecule has 82 valence electrons. The average Bonchev–Trinajstić information content (AvgIpc) is 3.00. The summed E-state index contributed by atoms with van der Waals surface area (Å²) >= 11 is 0. The van der Waals surface area contributed by atoms with Crippen molar-refractivity contribution in [1.29, 1.82) is 0 Å². The molecule has 0 amide bonds. The van der Waals surface area contributed by atoms with E-state index in [1.165, 1.54) is 13.2 Å². The Balaban J connectivity index is 2.32. The van der Waals surface area contributed by atoms with Gasteiger partial charge in [-0.05, 0) is 43.4 Å². The first kappa shape index (κ1) is 10.4. The van der Waals surface area contributed by atoms with Crippen molar-refractivity contribution < 1.29 is 14.2 Å². The highest BCUT2D eigenvalue weighted by Gasteiger charge is 2.41. The van der Waals surface area contributed by atoms with Crippen LogP contribution in [-0.2, 0) is 5.60 Å². The van der Waals surface area contributed by atoms with Gasteiger partial charge in [0.25, 0.3) is 0 Å². The van der Waals surface area contributed by atoms with E-state index in [4.69, 9.17) is 4.74 Å². The highest BCUT2D eigenvalue weighted by Crippen LogP contribution is 2.45. The van der Waals surface area contributed by atoms with Gasteiger partial charge in [0.2, 0.25) is 0 Å². The Kier molecular flexibility index (Phi) is 2.43. The molecule has 1 aliphatic rings. The van der Waals surface area contributed by atoms with Crippen LogP contribution in [0.1, 0.15) is 25.3 Å². The van der Waals surface area contributed by atoms with E-state index in [0.29, 0.717) is 5.56 Å².